The average Bonchev–Trinajstić information content (AvgIpc) is 2.41. The standard InChI is InChI=1S/C14H11BrF3NO2/c1-20-9-3-5-13(11(15)7-9)21-12-4-2-8(19)6-10(12)14(16,17)18/h2-7H,19H2,1H3. The highest BCUT2D eigenvalue weighted by Crippen LogP contribution is 2.41. The number of ether oxygens (including phenoxy) is 2. The number of methoxy groups -OCH3 is 1. The van der Waals surface area contributed by atoms with Crippen LogP contribution in [0.3, 0.4) is 0 Å². The summed E-state index contributed by atoms with van der Waals surface area (Å²) in [6.45, 7) is 0. The summed E-state index contributed by atoms with van der Waals surface area (Å²) in [6, 6.07) is 8.08. The number of hydrogen-bond donors (Lipinski definition) is 1. The van der Waals surface area contributed by atoms with Crippen LogP contribution in [0.4, 0.5) is 18.9 Å². The monoisotopic (exact) mass is 361 g/mol. The van der Waals surface area contributed by atoms with E-state index in [1.807, 2.05) is 0 Å². The van der Waals surface area contributed by atoms with E-state index in [0.29, 0.717) is 10.2 Å². The van der Waals surface area contributed by atoms with E-state index < -0.39 is 11.7 Å². The van der Waals surface area contributed by atoms with E-state index in [-0.39, 0.29) is 17.2 Å². The third-order valence-corrected chi connectivity index (χ3v) is 3.29. The average molecular weight is 362 g/mol. The smallest absolute Gasteiger partial charge is 0.420 e. The molecule has 0 unspecified atom stereocenters. The Hall–Kier alpha value is -1.89. The van der Waals surface area contributed by atoms with Crippen molar-refractivity contribution in [1.82, 2.24) is 0 Å². The molecule has 0 saturated carbocycles. The van der Waals surface area contributed by atoms with Gasteiger partial charge < -0.3 is 15.2 Å². The lowest BCUT2D eigenvalue weighted by Crippen LogP contribution is -2.08. The molecule has 7 heteroatoms. The number of nitrogen functional groups attached to an aromatic ring is 1. The lowest BCUT2D eigenvalue weighted by atomic mass is 10.1. The van der Waals surface area contributed by atoms with Crippen LogP contribution in [0.25, 0.3) is 0 Å². The Bertz CT molecular complexity index is 659. The van der Waals surface area contributed by atoms with Crippen LogP contribution in [0.5, 0.6) is 17.2 Å². The first-order valence-corrected chi connectivity index (χ1v) is 6.58. The quantitative estimate of drug-likeness (QED) is 0.794. The minimum atomic E-state index is -4.55. The van der Waals surface area contributed by atoms with E-state index in [2.05, 4.69) is 15.9 Å². The Morgan fingerprint density at radius 3 is 2.29 bits per heavy atom. The highest BCUT2D eigenvalue weighted by molar-refractivity contribution is 9.10. The fraction of sp³-hybridized carbons (Fsp3) is 0.143. The summed E-state index contributed by atoms with van der Waals surface area (Å²) >= 11 is 3.22. The maximum Gasteiger partial charge on any atom is 0.420 e. The molecule has 0 aliphatic heterocycles. The highest BCUT2D eigenvalue weighted by Gasteiger charge is 2.35. The molecule has 2 rings (SSSR count). The second kappa shape index (κ2) is 5.85. The number of alkyl halides is 3. The summed E-state index contributed by atoms with van der Waals surface area (Å²) in [5, 5.41) is 0. The fourth-order valence-corrected chi connectivity index (χ4v) is 2.11. The zero-order chi connectivity index (χ0) is 15.6. The van der Waals surface area contributed by atoms with Crippen LogP contribution in [-0.2, 0) is 6.18 Å². The topological polar surface area (TPSA) is 44.5 Å². The molecule has 0 aromatic heterocycles. The van der Waals surface area contributed by atoms with Gasteiger partial charge in [-0.1, -0.05) is 0 Å². The van der Waals surface area contributed by atoms with E-state index in [1.54, 1.807) is 12.1 Å². The van der Waals surface area contributed by atoms with Crippen molar-refractivity contribution in [2.45, 2.75) is 6.18 Å². The van der Waals surface area contributed by atoms with Gasteiger partial charge in [0.15, 0.2) is 0 Å². The first kappa shape index (κ1) is 15.5. The van der Waals surface area contributed by atoms with Crippen molar-refractivity contribution in [3.63, 3.8) is 0 Å². The van der Waals surface area contributed by atoms with E-state index in [1.165, 1.54) is 25.3 Å². The fourth-order valence-electron chi connectivity index (χ4n) is 1.67. The number of nitrogens with two attached hydrogens (primary N) is 1. The molecule has 0 aliphatic rings. The second-order valence-electron chi connectivity index (χ2n) is 4.15. The van der Waals surface area contributed by atoms with Crippen molar-refractivity contribution in [2.24, 2.45) is 0 Å². The van der Waals surface area contributed by atoms with Gasteiger partial charge in [-0.05, 0) is 52.3 Å². The maximum atomic E-state index is 13.0. The summed E-state index contributed by atoms with van der Waals surface area (Å²) in [6.07, 6.45) is -4.55. The van der Waals surface area contributed by atoms with Crippen molar-refractivity contribution >= 4 is 21.6 Å². The lowest BCUT2D eigenvalue weighted by molar-refractivity contribution is -0.138. The normalized spacial score (nSPS) is 11.3. The van der Waals surface area contributed by atoms with Crippen LogP contribution in [0.15, 0.2) is 40.9 Å². The minimum Gasteiger partial charge on any atom is -0.497 e. The van der Waals surface area contributed by atoms with E-state index >= 15 is 0 Å². The molecule has 21 heavy (non-hydrogen) atoms. The largest absolute Gasteiger partial charge is 0.497 e. The van der Waals surface area contributed by atoms with Gasteiger partial charge in [-0.2, -0.15) is 13.2 Å². The van der Waals surface area contributed by atoms with Gasteiger partial charge in [0.1, 0.15) is 22.8 Å². The zero-order valence-electron chi connectivity index (χ0n) is 10.9. The maximum absolute atomic E-state index is 13.0. The lowest BCUT2D eigenvalue weighted by Gasteiger charge is -2.15. The molecule has 0 saturated heterocycles. The Labute approximate surface area is 127 Å². The highest BCUT2D eigenvalue weighted by atomic mass is 79.9. The first-order valence-electron chi connectivity index (χ1n) is 5.79. The van der Waals surface area contributed by atoms with Crippen molar-refractivity contribution in [2.75, 3.05) is 12.8 Å². The van der Waals surface area contributed by atoms with Crippen LogP contribution in [0.1, 0.15) is 5.56 Å². The summed E-state index contributed by atoms with van der Waals surface area (Å²) in [5.41, 5.74) is 4.50. The molecule has 0 atom stereocenters. The molecule has 0 aliphatic carbocycles. The van der Waals surface area contributed by atoms with Gasteiger partial charge in [0.05, 0.1) is 11.6 Å². The summed E-state index contributed by atoms with van der Waals surface area (Å²) in [5.74, 6) is 0.483. The molecule has 0 heterocycles. The van der Waals surface area contributed by atoms with Gasteiger partial charge in [-0.15, -0.1) is 0 Å². The van der Waals surface area contributed by atoms with Crippen molar-refractivity contribution in [1.29, 1.82) is 0 Å². The number of benzene rings is 2. The summed E-state index contributed by atoms with van der Waals surface area (Å²) in [7, 11) is 1.49. The molecule has 112 valence electrons. The van der Waals surface area contributed by atoms with E-state index in [4.69, 9.17) is 15.2 Å². The van der Waals surface area contributed by atoms with Crippen LogP contribution in [-0.4, -0.2) is 7.11 Å². The number of anilines is 1. The summed E-state index contributed by atoms with van der Waals surface area (Å²) in [4.78, 5) is 0. The van der Waals surface area contributed by atoms with Crippen LogP contribution in [0.2, 0.25) is 0 Å². The van der Waals surface area contributed by atoms with Crippen molar-refractivity contribution < 1.29 is 22.6 Å². The predicted molar refractivity (Wildman–Crippen MR) is 76.6 cm³/mol. The SMILES string of the molecule is COc1ccc(Oc2ccc(N)cc2C(F)(F)F)c(Br)c1. The summed E-state index contributed by atoms with van der Waals surface area (Å²) < 4.78 is 49.8. The van der Waals surface area contributed by atoms with Gasteiger partial charge in [0.2, 0.25) is 0 Å². The zero-order valence-corrected chi connectivity index (χ0v) is 12.5. The predicted octanol–water partition coefficient (Wildman–Crippen LogP) is 4.85. The minimum absolute atomic E-state index is 0.0171. The van der Waals surface area contributed by atoms with Gasteiger partial charge >= 0.3 is 6.18 Å². The number of rotatable bonds is 3. The van der Waals surface area contributed by atoms with Gasteiger partial charge in [-0.25, -0.2) is 0 Å². The molecule has 0 bridgehead atoms. The van der Waals surface area contributed by atoms with Crippen LogP contribution < -0.4 is 15.2 Å². The molecular weight excluding hydrogens is 351 g/mol. The number of halogens is 4. The molecule has 0 amide bonds. The Kier molecular flexibility index (Phi) is 4.32. The Morgan fingerprint density at radius 1 is 1.05 bits per heavy atom. The molecule has 0 fully saturated rings. The second-order valence-corrected chi connectivity index (χ2v) is 5.01. The molecule has 2 aromatic rings. The molecular formula is C14H11BrF3NO2. The van der Waals surface area contributed by atoms with Gasteiger partial charge in [0.25, 0.3) is 0 Å². The first-order chi connectivity index (χ1) is 9.81. The molecule has 0 radical (unpaired) electrons. The number of hydrogen-bond acceptors (Lipinski definition) is 3. The van der Waals surface area contributed by atoms with Crippen molar-refractivity contribution in [3.05, 3.63) is 46.4 Å². The van der Waals surface area contributed by atoms with E-state index in [9.17, 15) is 13.2 Å². The molecule has 3 nitrogen and oxygen atoms in total. The van der Waals surface area contributed by atoms with Crippen molar-refractivity contribution in [3.8, 4) is 17.2 Å². The molecule has 2 N–H and O–H groups in total. The van der Waals surface area contributed by atoms with E-state index in [0.717, 1.165) is 6.07 Å². The Balaban J connectivity index is 2.40. The molecule has 0 spiro atoms. The van der Waals surface area contributed by atoms with Crippen LogP contribution in [0, 0.1) is 0 Å². The van der Waals surface area contributed by atoms with Gasteiger partial charge in [0, 0.05) is 5.69 Å². The third kappa shape index (κ3) is 3.60. The third-order valence-electron chi connectivity index (χ3n) is 2.67. The molecule has 2 aromatic carbocycles. The Morgan fingerprint density at radius 2 is 1.71 bits per heavy atom. The van der Waals surface area contributed by atoms with Gasteiger partial charge in [-0.3, -0.25) is 0 Å². The van der Waals surface area contributed by atoms with Crippen LogP contribution >= 0.6 is 15.9 Å².